The topological polar surface area (TPSA) is 115 Å². The maximum atomic E-state index is 14.2. The minimum absolute atomic E-state index is 0.0557. The third-order valence-electron chi connectivity index (χ3n) is 10.2. The van der Waals surface area contributed by atoms with Gasteiger partial charge in [-0.3, -0.25) is 4.79 Å². The second-order valence-electron chi connectivity index (χ2n) is 14.2. The molecule has 1 aliphatic carbocycles. The van der Waals surface area contributed by atoms with Gasteiger partial charge in [0.1, 0.15) is 23.7 Å². The fourth-order valence-corrected chi connectivity index (χ4v) is 7.91. The maximum Gasteiger partial charge on any atom is 0.316 e. The average Bonchev–Trinajstić information content (AvgIpc) is 3.30. The second-order valence-corrected chi connectivity index (χ2v) is 14.2. The van der Waals surface area contributed by atoms with Crippen LogP contribution in [0.25, 0.3) is 0 Å². The number of urea groups is 1. The van der Waals surface area contributed by atoms with Gasteiger partial charge in [0.15, 0.2) is 5.79 Å². The minimum Gasteiger partial charge on any atom is -0.462 e. The molecule has 0 unspecified atom stereocenters. The van der Waals surface area contributed by atoms with Crippen molar-refractivity contribution < 1.29 is 33.6 Å². The van der Waals surface area contributed by atoms with Gasteiger partial charge in [-0.05, 0) is 56.4 Å². The molecule has 4 aliphatic heterocycles. The first-order valence-electron chi connectivity index (χ1n) is 16.4. The third-order valence-corrected chi connectivity index (χ3v) is 10.2. The van der Waals surface area contributed by atoms with Crippen molar-refractivity contribution in [3.63, 3.8) is 0 Å². The second kappa shape index (κ2) is 13.1. The predicted molar refractivity (Wildman–Crippen MR) is 168 cm³/mol. The highest BCUT2D eigenvalue weighted by Crippen LogP contribution is 2.47. The van der Waals surface area contributed by atoms with E-state index in [0.29, 0.717) is 36.7 Å². The molecule has 2 bridgehead atoms. The van der Waals surface area contributed by atoms with E-state index < -0.39 is 41.5 Å². The summed E-state index contributed by atoms with van der Waals surface area (Å²) in [5.41, 5.74) is 0.905. The fraction of sp³-hybridized carbons (Fsp3) is 0.714. The summed E-state index contributed by atoms with van der Waals surface area (Å²) in [6, 6.07) is -1.00. The Bertz CT molecular complexity index is 1220. The van der Waals surface area contributed by atoms with Crippen molar-refractivity contribution in [1.29, 1.82) is 0 Å². The van der Waals surface area contributed by atoms with E-state index in [4.69, 9.17) is 18.9 Å². The van der Waals surface area contributed by atoms with Gasteiger partial charge < -0.3 is 34.7 Å². The van der Waals surface area contributed by atoms with Gasteiger partial charge in [-0.2, -0.15) is 0 Å². The zero-order valence-corrected chi connectivity index (χ0v) is 27.4. The zero-order valence-electron chi connectivity index (χ0n) is 27.4. The van der Waals surface area contributed by atoms with Gasteiger partial charge in [0, 0.05) is 26.3 Å². The molecule has 5 aliphatic rings. The van der Waals surface area contributed by atoms with Crippen LogP contribution < -0.4 is 10.6 Å². The Labute approximate surface area is 262 Å². The summed E-state index contributed by atoms with van der Waals surface area (Å²) in [5, 5.41) is 17.9. The minimum atomic E-state index is -1.69. The van der Waals surface area contributed by atoms with E-state index in [1.807, 2.05) is 19.1 Å². The van der Waals surface area contributed by atoms with E-state index >= 15 is 0 Å². The Balaban J connectivity index is 1.52. The summed E-state index contributed by atoms with van der Waals surface area (Å²) in [5.74, 6) is -1.31. The van der Waals surface area contributed by atoms with Crippen LogP contribution in [0.1, 0.15) is 80.1 Å². The molecule has 0 aromatic carbocycles. The molecular formula is C35H52N2O7. The number of esters is 1. The molecule has 0 saturated carbocycles. The molecule has 3 N–H and O–H groups in total. The smallest absolute Gasteiger partial charge is 0.316 e. The van der Waals surface area contributed by atoms with Gasteiger partial charge in [-0.1, -0.05) is 69.2 Å². The Kier molecular flexibility index (Phi) is 9.81. The van der Waals surface area contributed by atoms with E-state index in [0.717, 1.165) is 24.8 Å². The average molecular weight is 613 g/mol. The summed E-state index contributed by atoms with van der Waals surface area (Å²) in [7, 11) is 1.54. The van der Waals surface area contributed by atoms with Crippen LogP contribution in [0.3, 0.4) is 0 Å². The SMILES string of the molecule is CNC(=O)N[C@@H]1C(C)=C[C@H]2C(=O)O[C@H]3C[C@@H](C/C=C(\C)C[C@@H](C)/C=C/C=C4\CO[C@H]1[C@@]42O)O[C@@]1(CC[C@H](C)[C@@H](C(C)C)O1)C3. The molecule has 0 aromatic rings. The molecule has 1 spiro atoms. The Morgan fingerprint density at radius 1 is 1.16 bits per heavy atom. The number of aliphatic hydroxyl groups is 1. The Hall–Kier alpha value is -2.46. The van der Waals surface area contributed by atoms with E-state index in [-0.39, 0.29) is 30.8 Å². The Morgan fingerprint density at radius 2 is 1.93 bits per heavy atom. The third kappa shape index (κ3) is 6.57. The van der Waals surface area contributed by atoms with Crippen LogP contribution in [0.15, 0.2) is 47.1 Å². The van der Waals surface area contributed by atoms with Crippen LogP contribution in [0.4, 0.5) is 4.79 Å². The first-order chi connectivity index (χ1) is 20.8. The van der Waals surface area contributed by atoms with E-state index in [1.54, 1.807) is 6.08 Å². The van der Waals surface area contributed by atoms with Gasteiger partial charge in [-0.25, -0.2) is 4.79 Å². The molecule has 9 heteroatoms. The highest BCUT2D eigenvalue weighted by molar-refractivity contribution is 5.79. The van der Waals surface area contributed by atoms with Crippen LogP contribution in [-0.2, 0) is 23.7 Å². The number of ether oxygens (including phenoxy) is 4. The van der Waals surface area contributed by atoms with E-state index in [9.17, 15) is 14.7 Å². The van der Waals surface area contributed by atoms with Crippen molar-refractivity contribution in [1.82, 2.24) is 10.6 Å². The predicted octanol–water partition coefficient (Wildman–Crippen LogP) is 5.11. The first kappa shape index (κ1) is 32.9. The maximum absolute atomic E-state index is 14.2. The summed E-state index contributed by atoms with van der Waals surface area (Å²) < 4.78 is 26.0. The molecular weight excluding hydrogens is 560 g/mol. The number of carbonyl (C=O) groups excluding carboxylic acids is 2. The molecule has 44 heavy (non-hydrogen) atoms. The molecule has 0 radical (unpaired) electrons. The van der Waals surface area contributed by atoms with Gasteiger partial charge >= 0.3 is 12.0 Å². The quantitative estimate of drug-likeness (QED) is 0.293. The molecule has 2 amide bonds. The van der Waals surface area contributed by atoms with Crippen LogP contribution in [0.5, 0.6) is 0 Å². The highest BCUT2D eigenvalue weighted by atomic mass is 16.7. The van der Waals surface area contributed by atoms with Gasteiger partial charge in [0.25, 0.3) is 0 Å². The number of hydrogen-bond acceptors (Lipinski definition) is 7. The lowest BCUT2D eigenvalue weighted by Gasteiger charge is -2.50. The van der Waals surface area contributed by atoms with Crippen LogP contribution in [0.2, 0.25) is 0 Å². The van der Waals surface area contributed by atoms with Crippen LogP contribution in [0, 0.1) is 23.7 Å². The largest absolute Gasteiger partial charge is 0.462 e. The molecule has 3 fully saturated rings. The van der Waals surface area contributed by atoms with Crippen LogP contribution >= 0.6 is 0 Å². The first-order valence-corrected chi connectivity index (χ1v) is 16.4. The number of rotatable bonds is 2. The highest BCUT2D eigenvalue weighted by Gasteiger charge is 2.60. The van der Waals surface area contributed by atoms with Crippen molar-refractivity contribution in [3.8, 4) is 0 Å². The number of hydrogen-bond donors (Lipinski definition) is 3. The normalized spacial score (nSPS) is 44.4. The van der Waals surface area contributed by atoms with Crippen molar-refractivity contribution in [2.75, 3.05) is 13.7 Å². The summed E-state index contributed by atoms with van der Waals surface area (Å²) in [6.07, 6.45) is 12.8. The van der Waals surface area contributed by atoms with E-state index in [2.05, 4.69) is 57.4 Å². The monoisotopic (exact) mass is 612 g/mol. The van der Waals surface area contributed by atoms with E-state index in [1.165, 1.54) is 12.6 Å². The molecule has 5 rings (SSSR count). The lowest BCUT2D eigenvalue weighted by Crippen LogP contribution is -2.62. The van der Waals surface area contributed by atoms with Gasteiger partial charge in [0.2, 0.25) is 0 Å². The number of allylic oxidation sites excluding steroid dienone is 4. The number of amides is 2. The lowest BCUT2D eigenvalue weighted by atomic mass is 9.70. The van der Waals surface area contributed by atoms with Gasteiger partial charge in [0.05, 0.1) is 24.9 Å². The van der Waals surface area contributed by atoms with Crippen LogP contribution in [-0.4, -0.2) is 72.6 Å². The number of fused-ring (bicyclic) bond motifs is 2. The van der Waals surface area contributed by atoms with Crippen molar-refractivity contribution in [3.05, 3.63) is 47.1 Å². The fourth-order valence-electron chi connectivity index (χ4n) is 7.91. The number of nitrogens with one attached hydrogen (secondary N) is 2. The zero-order chi connectivity index (χ0) is 31.8. The molecule has 0 aromatic heterocycles. The van der Waals surface area contributed by atoms with Gasteiger partial charge in [-0.15, -0.1) is 0 Å². The molecule has 4 heterocycles. The standard InChI is InChI=1S/C35H52N2O7/c1-20(2)30-23(5)13-14-34(44-30)18-27-17-26(43-34)12-11-22(4)15-21(3)9-8-10-25-19-41-31-29(37-33(39)36-7)24(6)16-28(32(38)42-27)35(25,31)40/h8-11,16,20-21,23,26-31,40H,12-15,17-19H2,1-7H3,(H2,36,37,39)/b9-8+,22-11+,25-10+/t21-,23-,26+,27-,28-,29+,30+,31+,34+,35+/m0/s1. The summed E-state index contributed by atoms with van der Waals surface area (Å²) in [4.78, 5) is 26.5. The lowest BCUT2D eigenvalue weighted by molar-refractivity contribution is -0.340. The Morgan fingerprint density at radius 3 is 2.66 bits per heavy atom. The molecule has 10 atom stereocenters. The van der Waals surface area contributed by atoms with Crippen molar-refractivity contribution >= 4 is 12.0 Å². The summed E-state index contributed by atoms with van der Waals surface area (Å²) in [6.45, 7) is 12.9. The molecule has 244 valence electrons. The van der Waals surface area contributed by atoms with Crippen molar-refractivity contribution in [2.45, 2.75) is 122 Å². The number of carbonyl (C=O) groups is 2. The molecule has 3 saturated heterocycles. The van der Waals surface area contributed by atoms with Crippen molar-refractivity contribution in [2.24, 2.45) is 23.7 Å². The summed E-state index contributed by atoms with van der Waals surface area (Å²) >= 11 is 0. The molecule has 9 nitrogen and oxygen atoms in total.